The third-order valence-electron chi connectivity index (χ3n) is 5.06. The lowest BCUT2D eigenvalue weighted by Crippen LogP contribution is -2.29. The molecular weight excluding hydrogens is 376 g/mol. The summed E-state index contributed by atoms with van der Waals surface area (Å²) >= 11 is 0. The largest absolute Gasteiger partial charge is 0.497 e. The van der Waals surface area contributed by atoms with Gasteiger partial charge in [-0.2, -0.15) is 5.26 Å². The Bertz CT molecular complexity index is 1070. The van der Waals surface area contributed by atoms with Crippen LogP contribution in [0.15, 0.2) is 42.5 Å². The number of nitrogens with zero attached hydrogens (tertiary/aromatic N) is 2. The van der Waals surface area contributed by atoms with E-state index in [-0.39, 0.29) is 8.88 Å². The second-order valence-electron chi connectivity index (χ2n) is 7.18. The smallest absolute Gasteiger partial charge is 0.319 e. The van der Waals surface area contributed by atoms with Crippen LogP contribution < -0.4 is 15.4 Å². The molecule has 0 bridgehead atoms. The monoisotopic (exact) mass is 408 g/mol. The molecule has 0 unspecified atom stereocenters. The minimum Gasteiger partial charge on any atom is -0.497 e. The van der Waals surface area contributed by atoms with Gasteiger partial charge in [0.2, 0.25) is 0 Å². The molecule has 30 heavy (non-hydrogen) atoms. The zero-order valence-electron chi connectivity index (χ0n) is 17.8. The van der Waals surface area contributed by atoms with E-state index in [0.717, 1.165) is 53.7 Å². The molecule has 0 saturated heterocycles. The van der Waals surface area contributed by atoms with Gasteiger partial charge in [-0.25, -0.2) is 4.79 Å². The number of rotatable bonds is 8. The van der Waals surface area contributed by atoms with Crippen molar-refractivity contribution in [3.8, 4) is 23.1 Å². The maximum absolute atomic E-state index is 12.0. The molecule has 3 aromatic rings. The standard InChI is InChI=1S/C24H28N4O2.2H2/c1-4-6-13-26-24(29)27-18-9-7-17(8-10-18)23-21(16-25)20-12-11-19(30-3)15-22(20)28(23)14-5-2;;/h7-12,15H,4-6,13-14H2,1-3H3,(H2,26,27,29);2*1H. The molecular formula is C24H32N4O2. The second-order valence-corrected chi connectivity index (χ2v) is 7.18. The summed E-state index contributed by atoms with van der Waals surface area (Å²) in [6.07, 6.45) is 2.93. The van der Waals surface area contributed by atoms with Gasteiger partial charge in [0.25, 0.3) is 0 Å². The van der Waals surface area contributed by atoms with Gasteiger partial charge >= 0.3 is 6.03 Å². The number of anilines is 1. The number of ether oxygens (including phenoxy) is 1. The summed E-state index contributed by atoms with van der Waals surface area (Å²) in [7, 11) is 1.64. The number of unbranched alkanes of at least 4 members (excludes halogenated alkanes) is 1. The van der Waals surface area contributed by atoms with Crippen LogP contribution in [0.4, 0.5) is 10.5 Å². The van der Waals surface area contributed by atoms with Gasteiger partial charge < -0.3 is 19.9 Å². The van der Waals surface area contributed by atoms with E-state index in [1.54, 1.807) is 7.11 Å². The van der Waals surface area contributed by atoms with Crippen molar-refractivity contribution < 1.29 is 12.4 Å². The van der Waals surface area contributed by atoms with Gasteiger partial charge in [0.15, 0.2) is 0 Å². The Morgan fingerprint density at radius 3 is 2.57 bits per heavy atom. The van der Waals surface area contributed by atoms with Crippen LogP contribution in [0.1, 0.15) is 41.5 Å². The quantitative estimate of drug-likeness (QED) is 0.448. The van der Waals surface area contributed by atoms with Gasteiger partial charge in [-0.15, -0.1) is 0 Å². The molecule has 3 rings (SSSR count). The van der Waals surface area contributed by atoms with E-state index in [1.165, 1.54) is 0 Å². The molecule has 2 amide bonds. The minimum atomic E-state index is -0.207. The predicted octanol–water partition coefficient (Wildman–Crippen LogP) is 6.01. The number of aromatic nitrogens is 1. The first-order valence-electron chi connectivity index (χ1n) is 10.4. The molecule has 6 nitrogen and oxygen atoms in total. The molecule has 1 aromatic heterocycles. The number of carbonyl (C=O) groups is 1. The third kappa shape index (κ3) is 4.41. The Labute approximate surface area is 180 Å². The number of benzene rings is 2. The normalized spacial score (nSPS) is 10.6. The summed E-state index contributed by atoms with van der Waals surface area (Å²) in [6.45, 7) is 5.65. The topological polar surface area (TPSA) is 79.1 Å². The molecule has 0 aliphatic heterocycles. The maximum atomic E-state index is 12.0. The molecule has 0 spiro atoms. The van der Waals surface area contributed by atoms with E-state index >= 15 is 0 Å². The van der Waals surface area contributed by atoms with Gasteiger partial charge in [-0.3, -0.25) is 0 Å². The van der Waals surface area contributed by atoms with Crippen molar-refractivity contribution in [2.45, 2.75) is 39.7 Å². The van der Waals surface area contributed by atoms with Crippen molar-refractivity contribution in [1.29, 1.82) is 5.26 Å². The van der Waals surface area contributed by atoms with Crippen molar-refractivity contribution in [1.82, 2.24) is 9.88 Å². The number of urea groups is 1. The Morgan fingerprint density at radius 1 is 1.17 bits per heavy atom. The van der Waals surface area contributed by atoms with E-state index in [0.29, 0.717) is 17.8 Å². The van der Waals surface area contributed by atoms with Crippen LogP contribution in [-0.2, 0) is 6.54 Å². The van der Waals surface area contributed by atoms with E-state index in [1.807, 2.05) is 42.5 Å². The molecule has 0 fully saturated rings. The maximum Gasteiger partial charge on any atom is 0.319 e. The molecule has 0 radical (unpaired) electrons. The fourth-order valence-corrected chi connectivity index (χ4v) is 3.59. The number of hydrogen-bond donors (Lipinski definition) is 2. The molecule has 160 valence electrons. The lowest BCUT2D eigenvalue weighted by atomic mass is 10.1. The van der Waals surface area contributed by atoms with Crippen LogP contribution >= 0.6 is 0 Å². The van der Waals surface area contributed by atoms with Crippen LogP contribution in [-0.4, -0.2) is 24.3 Å². The first kappa shape index (κ1) is 21.3. The average molecular weight is 409 g/mol. The number of nitriles is 1. The van der Waals surface area contributed by atoms with Gasteiger partial charge in [0.05, 0.1) is 23.9 Å². The highest BCUT2D eigenvalue weighted by Crippen LogP contribution is 2.36. The molecule has 6 heteroatoms. The molecule has 0 aliphatic carbocycles. The highest BCUT2D eigenvalue weighted by Gasteiger charge is 2.19. The summed E-state index contributed by atoms with van der Waals surface area (Å²) in [4.78, 5) is 12.0. The number of carbonyl (C=O) groups excluding carboxylic acids is 1. The predicted molar refractivity (Wildman–Crippen MR) is 125 cm³/mol. The van der Waals surface area contributed by atoms with Gasteiger partial charge in [0, 0.05) is 33.1 Å². The van der Waals surface area contributed by atoms with Gasteiger partial charge in [-0.1, -0.05) is 32.4 Å². The fourth-order valence-electron chi connectivity index (χ4n) is 3.59. The summed E-state index contributed by atoms with van der Waals surface area (Å²) in [6, 6.07) is 15.6. The Kier molecular flexibility index (Phi) is 6.97. The number of aryl methyl sites for hydroxylation is 1. The first-order valence-corrected chi connectivity index (χ1v) is 10.4. The number of methoxy groups -OCH3 is 1. The van der Waals surface area contributed by atoms with Crippen LogP contribution in [0, 0.1) is 11.3 Å². The SMILES string of the molecule is CCCCNC(=O)Nc1ccc(-c2c(C#N)c3ccc(OC)cc3n2CCC)cc1.[HH].[HH]. The molecule has 2 N–H and O–H groups in total. The van der Waals surface area contributed by atoms with Crippen molar-refractivity contribution in [3.63, 3.8) is 0 Å². The third-order valence-corrected chi connectivity index (χ3v) is 5.06. The number of amides is 2. The highest BCUT2D eigenvalue weighted by atomic mass is 16.5. The molecule has 0 saturated carbocycles. The fraction of sp³-hybridized carbons (Fsp3) is 0.333. The van der Waals surface area contributed by atoms with E-state index < -0.39 is 0 Å². The number of hydrogen-bond acceptors (Lipinski definition) is 3. The molecule has 0 atom stereocenters. The van der Waals surface area contributed by atoms with Crippen LogP contribution in [0.3, 0.4) is 0 Å². The molecule has 1 heterocycles. The van der Waals surface area contributed by atoms with Crippen LogP contribution in [0.2, 0.25) is 0 Å². The van der Waals surface area contributed by atoms with E-state index in [9.17, 15) is 10.1 Å². The lowest BCUT2D eigenvalue weighted by molar-refractivity contribution is 0.252. The molecule has 2 aromatic carbocycles. The summed E-state index contributed by atoms with van der Waals surface area (Å²) in [5.41, 5.74) is 4.18. The molecule has 0 aliphatic rings. The second kappa shape index (κ2) is 9.84. The number of nitrogens with one attached hydrogen (secondary N) is 2. The van der Waals surface area contributed by atoms with E-state index in [4.69, 9.17) is 4.74 Å². The first-order chi connectivity index (χ1) is 14.6. The van der Waals surface area contributed by atoms with E-state index in [2.05, 4.69) is 35.1 Å². The minimum absolute atomic E-state index is 0. The summed E-state index contributed by atoms with van der Waals surface area (Å²) < 4.78 is 7.57. The average Bonchev–Trinajstić information content (AvgIpc) is 3.07. The van der Waals surface area contributed by atoms with Crippen molar-refractivity contribution in [2.24, 2.45) is 0 Å². The van der Waals surface area contributed by atoms with Gasteiger partial charge in [-0.05, 0) is 42.7 Å². The van der Waals surface area contributed by atoms with Gasteiger partial charge in [0.1, 0.15) is 11.8 Å². The zero-order chi connectivity index (χ0) is 21.5. The van der Waals surface area contributed by atoms with Crippen molar-refractivity contribution in [2.75, 3.05) is 19.0 Å². The lowest BCUT2D eigenvalue weighted by Gasteiger charge is -2.12. The summed E-state index contributed by atoms with van der Waals surface area (Å²) in [5, 5.41) is 16.5. The Balaban J connectivity index is 0.00000256. The Hall–Kier alpha value is -3.46. The Morgan fingerprint density at radius 2 is 1.93 bits per heavy atom. The van der Waals surface area contributed by atoms with Crippen molar-refractivity contribution >= 4 is 22.6 Å². The van der Waals surface area contributed by atoms with Crippen LogP contribution in [0.25, 0.3) is 22.2 Å². The number of fused-ring (bicyclic) bond motifs is 1. The van der Waals surface area contributed by atoms with Crippen molar-refractivity contribution in [3.05, 3.63) is 48.0 Å². The zero-order valence-corrected chi connectivity index (χ0v) is 17.8. The summed E-state index contributed by atoms with van der Waals surface area (Å²) in [5.74, 6) is 0.766. The van der Waals surface area contributed by atoms with Crippen LogP contribution in [0.5, 0.6) is 5.75 Å². The highest BCUT2D eigenvalue weighted by molar-refractivity contribution is 5.96.